The van der Waals surface area contributed by atoms with Gasteiger partial charge in [-0.25, -0.2) is 5.10 Å². The van der Waals surface area contributed by atoms with Gasteiger partial charge in [0, 0.05) is 11.9 Å². The summed E-state index contributed by atoms with van der Waals surface area (Å²) in [6.45, 7) is 0.345. The van der Waals surface area contributed by atoms with Gasteiger partial charge in [0.1, 0.15) is 0 Å². The molecule has 0 spiro atoms. The molecule has 0 radical (unpaired) electrons. The lowest BCUT2D eigenvalue weighted by Gasteiger charge is -2.08. The summed E-state index contributed by atoms with van der Waals surface area (Å²) < 4.78 is 10.5. The molecule has 0 fully saturated rings. The average molecular weight is 380 g/mol. The van der Waals surface area contributed by atoms with Crippen LogP contribution in [0.2, 0.25) is 0 Å². The van der Waals surface area contributed by atoms with E-state index >= 15 is 0 Å². The zero-order valence-corrected chi connectivity index (χ0v) is 14.7. The van der Waals surface area contributed by atoms with Crippen LogP contribution in [-0.4, -0.2) is 28.8 Å². The van der Waals surface area contributed by atoms with Crippen molar-refractivity contribution in [2.45, 2.75) is 13.1 Å². The SMILES string of the molecule is O=C(NCc1ccc2c(c1)OCO2)C(=O)NCc1n[nH]c(=O)c2ccccc12. The van der Waals surface area contributed by atoms with E-state index in [0.29, 0.717) is 28.0 Å². The Morgan fingerprint density at radius 1 is 0.964 bits per heavy atom. The number of hydrogen-bond donors (Lipinski definition) is 3. The normalized spacial score (nSPS) is 12.0. The van der Waals surface area contributed by atoms with Crippen LogP contribution < -0.4 is 25.7 Å². The molecule has 2 aromatic carbocycles. The quantitative estimate of drug-likeness (QED) is 0.569. The third kappa shape index (κ3) is 3.50. The molecule has 0 bridgehead atoms. The van der Waals surface area contributed by atoms with Crippen LogP contribution in [0.25, 0.3) is 10.8 Å². The van der Waals surface area contributed by atoms with Gasteiger partial charge in [-0.15, -0.1) is 0 Å². The number of H-pyrrole nitrogens is 1. The number of nitrogens with one attached hydrogen (secondary N) is 3. The third-order valence-electron chi connectivity index (χ3n) is 4.29. The average Bonchev–Trinajstić information content (AvgIpc) is 3.19. The van der Waals surface area contributed by atoms with Gasteiger partial charge in [-0.3, -0.25) is 14.4 Å². The molecule has 0 saturated heterocycles. The van der Waals surface area contributed by atoms with Crippen molar-refractivity contribution in [3.63, 3.8) is 0 Å². The van der Waals surface area contributed by atoms with E-state index < -0.39 is 11.8 Å². The summed E-state index contributed by atoms with van der Waals surface area (Å²) in [7, 11) is 0. The lowest BCUT2D eigenvalue weighted by Crippen LogP contribution is -2.39. The number of hydrogen-bond acceptors (Lipinski definition) is 6. The molecular formula is C19H16N4O5. The highest BCUT2D eigenvalue weighted by molar-refractivity contribution is 6.35. The van der Waals surface area contributed by atoms with Crippen LogP contribution in [0.5, 0.6) is 11.5 Å². The number of rotatable bonds is 4. The molecule has 142 valence electrons. The number of benzene rings is 2. The number of fused-ring (bicyclic) bond motifs is 2. The van der Waals surface area contributed by atoms with Crippen molar-refractivity contribution < 1.29 is 19.1 Å². The third-order valence-corrected chi connectivity index (χ3v) is 4.29. The van der Waals surface area contributed by atoms with Crippen LogP contribution >= 0.6 is 0 Å². The predicted molar refractivity (Wildman–Crippen MR) is 98.6 cm³/mol. The molecule has 1 aliphatic rings. The van der Waals surface area contributed by atoms with Gasteiger partial charge in [0.05, 0.1) is 17.6 Å². The first kappa shape index (κ1) is 17.5. The zero-order chi connectivity index (χ0) is 19.5. The highest BCUT2D eigenvalue weighted by Crippen LogP contribution is 2.32. The second kappa shape index (κ2) is 7.39. The largest absolute Gasteiger partial charge is 0.454 e. The van der Waals surface area contributed by atoms with Crippen LogP contribution in [0.1, 0.15) is 11.3 Å². The van der Waals surface area contributed by atoms with Gasteiger partial charge in [-0.1, -0.05) is 24.3 Å². The Morgan fingerprint density at radius 2 is 1.68 bits per heavy atom. The van der Waals surface area contributed by atoms with Gasteiger partial charge in [-0.2, -0.15) is 5.10 Å². The minimum Gasteiger partial charge on any atom is -0.454 e. The maximum atomic E-state index is 12.1. The molecule has 3 N–H and O–H groups in total. The number of carbonyl (C=O) groups excluding carboxylic acids is 2. The van der Waals surface area contributed by atoms with Gasteiger partial charge in [0.2, 0.25) is 6.79 Å². The summed E-state index contributed by atoms with van der Waals surface area (Å²) in [5, 5.41) is 12.5. The molecule has 0 atom stereocenters. The van der Waals surface area contributed by atoms with E-state index in [9.17, 15) is 14.4 Å². The molecular weight excluding hydrogens is 364 g/mol. The van der Waals surface area contributed by atoms with Crippen molar-refractivity contribution in [3.05, 3.63) is 64.1 Å². The predicted octanol–water partition coefficient (Wildman–Crippen LogP) is 0.584. The lowest BCUT2D eigenvalue weighted by molar-refractivity contribution is -0.139. The first-order valence-corrected chi connectivity index (χ1v) is 8.52. The second-order valence-electron chi connectivity index (χ2n) is 6.10. The van der Waals surface area contributed by atoms with Gasteiger partial charge in [-0.05, 0) is 23.8 Å². The highest BCUT2D eigenvalue weighted by Gasteiger charge is 2.16. The van der Waals surface area contributed by atoms with Crippen molar-refractivity contribution >= 4 is 22.6 Å². The summed E-state index contributed by atoms with van der Waals surface area (Å²) in [5.41, 5.74) is 0.929. The first-order chi connectivity index (χ1) is 13.6. The van der Waals surface area contributed by atoms with E-state index in [-0.39, 0.29) is 25.4 Å². The number of aromatic nitrogens is 2. The Morgan fingerprint density at radius 3 is 2.50 bits per heavy atom. The number of ether oxygens (including phenoxy) is 2. The van der Waals surface area contributed by atoms with Crippen molar-refractivity contribution in [1.29, 1.82) is 0 Å². The van der Waals surface area contributed by atoms with Crippen LogP contribution in [-0.2, 0) is 22.7 Å². The van der Waals surface area contributed by atoms with Gasteiger partial charge < -0.3 is 20.1 Å². The Labute approximate surface area is 158 Å². The Hall–Kier alpha value is -3.88. The fourth-order valence-electron chi connectivity index (χ4n) is 2.86. The smallest absolute Gasteiger partial charge is 0.309 e. The minimum atomic E-state index is -0.794. The van der Waals surface area contributed by atoms with Gasteiger partial charge in [0.25, 0.3) is 5.56 Å². The van der Waals surface area contributed by atoms with E-state index in [2.05, 4.69) is 20.8 Å². The molecule has 0 unspecified atom stereocenters. The molecule has 0 saturated carbocycles. The van der Waals surface area contributed by atoms with E-state index in [1.807, 2.05) is 0 Å². The molecule has 2 heterocycles. The first-order valence-electron chi connectivity index (χ1n) is 8.52. The van der Waals surface area contributed by atoms with Crippen molar-refractivity contribution in [2.75, 3.05) is 6.79 Å². The van der Waals surface area contributed by atoms with E-state index in [0.717, 1.165) is 5.56 Å². The number of carbonyl (C=O) groups is 2. The molecule has 3 aromatic rings. The molecule has 9 heteroatoms. The monoisotopic (exact) mass is 380 g/mol. The van der Waals surface area contributed by atoms with Crippen LogP contribution in [0.15, 0.2) is 47.3 Å². The number of aromatic amines is 1. The number of nitrogens with zero attached hydrogens (tertiary/aromatic N) is 1. The van der Waals surface area contributed by atoms with Crippen LogP contribution in [0, 0.1) is 0 Å². The van der Waals surface area contributed by atoms with Crippen molar-refractivity contribution in [3.8, 4) is 11.5 Å². The molecule has 4 rings (SSSR count). The molecule has 0 aliphatic carbocycles. The maximum absolute atomic E-state index is 12.1. The highest BCUT2D eigenvalue weighted by atomic mass is 16.7. The van der Waals surface area contributed by atoms with Crippen LogP contribution in [0.4, 0.5) is 0 Å². The maximum Gasteiger partial charge on any atom is 0.309 e. The standard InChI is InChI=1S/C19H16N4O5/c24-17-13-4-2-1-3-12(13)14(22-23-17)9-21-19(26)18(25)20-8-11-5-6-15-16(7-11)28-10-27-15/h1-7H,8-10H2,(H,20,25)(H,21,26)(H,23,24). The summed E-state index contributed by atoms with van der Waals surface area (Å²) in [5.74, 6) is -0.315. The Balaban J connectivity index is 1.36. The molecule has 9 nitrogen and oxygen atoms in total. The lowest BCUT2D eigenvalue weighted by atomic mass is 10.1. The summed E-state index contributed by atoms with van der Waals surface area (Å²) >= 11 is 0. The van der Waals surface area contributed by atoms with E-state index in [4.69, 9.17) is 9.47 Å². The molecule has 2 amide bonds. The fourth-order valence-corrected chi connectivity index (χ4v) is 2.86. The second-order valence-corrected chi connectivity index (χ2v) is 6.10. The van der Waals surface area contributed by atoms with Crippen molar-refractivity contribution in [1.82, 2.24) is 20.8 Å². The summed E-state index contributed by atoms with van der Waals surface area (Å²) in [6, 6.07) is 12.2. The zero-order valence-electron chi connectivity index (χ0n) is 14.7. The van der Waals surface area contributed by atoms with Gasteiger partial charge in [0.15, 0.2) is 11.5 Å². The topological polar surface area (TPSA) is 122 Å². The summed E-state index contributed by atoms with van der Waals surface area (Å²) in [4.78, 5) is 35.9. The minimum absolute atomic E-state index is 0.00751. The Kier molecular flexibility index (Phi) is 4.63. The van der Waals surface area contributed by atoms with E-state index in [1.54, 1.807) is 42.5 Å². The molecule has 1 aromatic heterocycles. The van der Waals surface area contributed by atoms with Gasteiger partial charge >= 0.3 is 11.8 Å². The summed E-state index contributed by atoms with van der Waals surface area (Å²) in [6.07, 6.45) is 0. The van der Waals surface area contributed by atoms with Crippen molar-refractivity contribution in [2.24, 2.45) is 0 Å². The fraction of sp³-hybridized carbons (Fsp3) is 0.158. The molecule has 28 heavy (non-hydrogen) atoms. The van der Waals surface area contributed by atoms with Crippen LogP contribution in [0.3, 0.4) is 0 Å². The number of amides is 2. The molecule has 1 aliphatic heterocycles. The Bertz CT molecular complexity index is 1120. The van der Waals surface area contributed by atoms with E-state index in [1.165, 1.54) is 0 Å².